The highest BCUT2D eigenvalue weighted by Crippen LogP contribution is 2.13. The largest absolute Gasteiger partial charge is 0.480 e. The van der Waals surface area contributed by atoms with Crippen LogP contribution in [0.5, 0.6) is 0 Å². The van der Waals surface area contributed by atoms with Gasteiger partial charge in [-0.25, -0.2) is 9.18 Å². The number of hydrogen-bond acceptors (Lipinski definition) is 4. The van der Waals surface area contributed by atoms with E-state index in [9.17, 15) is 23.9 Å². The Balaban J connectivity index is 1.75. The molecule has 0 aliphatic rings. The molecule has 2 amide bonds. The summed E-state index contributed by atoms with van der Waals surface area (Å²) >= 11 is 0. The lowest BCUT2D eigenvalue weighted by Crippen LogP contribution is -2.52. The Morgan fingerprint density at radius 1 is 0.968 bits per heavy atom. The average molecular weight is 423 g/mol. The number of fused-ring (bicyclic) bond motifs is 1. The van der Waals surface area contributed by atoms with Crippen molar-refractivity contribution in [3.8, 4) is 0 Å². The molecule has 0 unspecified atom stereocenters. The molecule has 0 aliphatic carbocycles. The predicted molar refractivity (Wildman–Crippen MR) is 113 cm³/mol. The molecule has 1 heterocycles. The molecule has 0 aliphatic heterocycles. The van der Waals surface area contributed by atoms with E-state index in [1.165, 1.54) is 25.1 Å². The maximum Gasteiger partial charge on any atom is 0.326 e. The van der Waals surface area contributed by atoms with Gasteiger partial charge in [0, 0.05) is 30.8 Å². The van der Waals surface area contributed by atoms with Gasteiger partial charge in [0.05, 0.1) is 5.52 Å². The number of hydrogen-bond donors (Lipinski definition) is 3. The smallest absolute Gasteiger partial charge is 0.326 e. The zero-order valence-corrected chi connectivity index (χ0v) is 16.8. The standard InChI is InChI=1S/C23H22FN3O4/c1-14(28)25-20(12-15-5-4-7-17(24)11-15)22(29)27-21(23(30)31)13-18-10-9-16-6-2-3-8-19(16)26-18/h2-11,20-21H,12-13H2,1H3,(H,25,28)(H,27,29)(H,30,31)/t20-,21+/m0/s1. The number of carbonyl (C=O) groups excluding carboxylic acids is 2. The molecule has 0 saturated carbocycles. The first kappa shape index (κ1) is 21.9. The fourth-order valence-electron chi connectivity index (χ4n) is 3.26. The second kappa shape index (κ2) is 9.80. The fraction of sp³-hybridized carbons (Fsp3) is 0.217. The number of nitrogens with zero attached hydrogens (tertiary/aromatic N) is 1. The summed E-state index contributed by atoms with van der Waals surface area (Å²) in [5.41, 5.74) is 1.72. The van der Waals surface area contributed by atoms with Crippen LogP contribution in [0.25, 0.3) is 10.9 Å². The number of carboxylic acids is 1. The molecule has 7 nitrogen and oxygen atoms in total. The van der Waals surface area contributed by atoms with Crippen LogP contribution in [0, 0.1) is 5.82 Å². The first-order chi connectivity index (χ1) is 14.8. The summed E-state index contributed by atoms with van der Waals surface area (Å²) in [5, 5.41) is 15.5. The summed E-state index contributed by atoms with van der Waals surface area (Å²) < 4.78 is 13.5. The number of halogens is 1. The number of pyridine rings is 1. The van der Waals surface area contributed by atoms with Gasteiger partial charge in [0.1, 0.15) is 17.9 Å². The third-order valence-corrected chi connectivity index (χ3v) is 4.71. The lowest BCUT2D eigenvalue weighted by atomic mass is 10.0. The molecule has 2 aromatic carbocycles. The van der Waals surface area contributed by atoms with Gasteiger partial charge >= 0.3 is 5.97 Å². The Morgan fingerprint density at radius 3 is 2.45 bits per heavy atom. The molecule has 0 bridgehead atoms. The molecule has 160 valence electrons. The summed E-state index contributed by atoms with van der Waals surface area (Å²) in [4.78, 5) is 40.6. The molecule has 3 N–H and O–H groups in total. The topological polar surface area (TPSA) is 108 Å². The first-order valence-corrected chi connectivity index (χ1v) is 9.71. The summed E-state index contributed by atoms with van der Waals surface area (Å²) in [6.45, 7) is 1.25. The Bertz CT molecular complexity index is 1120. The minimum absolute atomic E-state index is 0.0176. The normalized spacial score (nSPS) is 12.7. The van der Waals surface area contributed by atoms with Gasteiger partial charge in [0.15, 0.2) is 0 Å². The van der Waals surface area contributed by atoms with Crippen molar-refractivity contribution >= 4 is 28.7 Å². The number of para-hydroxylation sites is 1. The molecule has 31 heavy (non-hydrogen) atoms. The van der Waals surface area contributed by atoms with E-state index in [2.05, 4.69) is 15.6 Å². The van der Waals surface area contributed by atoms with E-state index in [1.807, 2.05) is 30.3 Å². The maximum atomic E-state index is 13.5. The van der Waals surface area contributed by atoms with Crippen LogP contribution >= 0.6 is 0 Å². The van der Waals surface area contributed by atoms with Crippen LogP contribution < -0.4 is 10.6 Å². The van der Waals surface area contributed by atoms with Gasteiger partial charge in [0.25, 0.3) is 0 Å². The van der Waals surface area contributed by atoms with Gasteiger partial charge in [-0.3, -0.25) is 14.6 Å². The van der Waals surface area contributed by atoms with Gasteiger partial charge in [0.2, 0.25) is 11.8 Å². The van der Waals surface area contributed by atoms with Gasteiger partial charge in [-0.2, -0.15) is 0 Å². The number of amides is 2. The molecule has 8 heteroatoms. The van der Waals surface area contributed by atoms with E-state index in [0.717, 1.165) is 10.9 Å². The summed E-state index contributed by atoms with van der Waals surface area (Å²) in [6.07, 6.45) is -0.0115. The van der Waals surface area contributed by atoms with Crippen molar-refractivity contribution in [3.05, 3.63) is 77.7 Å². The molecular weight excluding hydrogens is 401 g/mol. The minimum Gasteiger partial charge on any atom is -0.480 e. The Kier molecular flexibility index (Phi) is 6.92. The van der Waals surface area contributed by atoms with Gasteiger partial charge in [-0.15, -0.1) is 0 Å². The number of benzene rings is 2. The second-order valence-electron chi connectivity index (χ2n) is 7.19. The Labute approximate surface area is 178 Å². The van der Waals surface area contributed by atoms with Crippen molar-refractivity contribution in [2.45, 2.75) is 31.8 Å². The molecule has 0 saturated heterocycles. The van der Waals surface area contributed by atoms with Crippen molar-refractivity contribution in [3.63, 3.8) is 0 Å². The quantitative estimate of drug-likeness (QED) is 0.515. The second-order valence-corrected chi connectivity index (χ2v) is 7.19. The van der Waals surface area contributed by atoms with Crippen molar-refractivity contribution in [1.29, 1.82) is 0 Å². The van der Waals surface area contributed by atoms with Crippen LogP contribution in [-0.2, 0) is 27.2 Å². The highest BCUT2D eigenvalue weighted by atomic mass is 19.1. The van der Waals surface area contributed by atoms with Crippen molar-refractivity contribution in [2.75, 3.05) is 0 Å². The van der Waals surface area contributed by atoms with Crippen LogP contribution in [-0.4, -0.2) is 40.0 Å². The van der Waals surface area contributed by atoms with E-state index in [1.54, 1.807) is 12.1 Å². The Morgan fingerprint density at radius 2 is 1.74 bits per heavy atom. The van der Waals surface area contributed by atoms with E-state index >= 15 is 0 Å². The summed E-state index contributed by atoms with van der Waals surface area (Å²) in [6, 6.07) is 14.3. The monoisotopic (exact) mass is 423 g/mol. The van der Waals surface area contributed by atoms with Gasteiger partial charge in [-0.05, 0) is 29.8 Å². The first-order valence-electron chi connectivity index (χ1n) is 9.71. The molecule has 1 aromatic heterocycles. The number of rotatable bonds is 8. The number of aromatic nitrogens is 1. The SMILES string of the molecule is CC(=O)N[C@@H](Cc1cccc(F)c1)C(=O)N[C@H](Cc1ccc2ccccc2n1)C(=O)O. The number of carbonyl (C=O) groups is 3. The van der Waals surface area contributed by atoms with Crippen LogP contribution in [0.4, 0.5) is 4.39 Å². The summed E-state index contributed by atoms with van der Waals surface area (Å²) in [7, 11) is 0. The predicted octanol–water partition coefficient (Wildman–Crippen LogP) is 2.23. The van der Waals surface area contributed by atoms with Crippen LogP contribution in [0.2, 0.25) is 0 Å². The number of carboxylic acid groups (broad SMARTS) is 1. The zero-order chi connectivity index (χ0) is 22.4. The van der Waals surface area contributed by atoms with Crippen molar-refractivity contribution in [1.82, 2.24) is 15.6 Å². The third kappa shape index (κ3) is 6.08. The van der Waals surface area contributed by atoms with Gasteiger partial charge in [-0.1, -0.05) is 36.4 Å². The lowest BCUT2D eigenvalue weighted by Gasteiger charge is -2.21. The molecule has 0 radical (unpaired) electrons. The van der Waals surface area contributed by atoms with Gasteiger partial charge < -0.3 is 15.7 Å². The van der Waals surface area contributed by atoms with Crippen LogP contribution in [0.1, 0.15) is 18.2 Å². The lowest BCUT2D eigenvalue weighted by molar-refractivity contribution is -0.142. The molecule has 0 spiro atoms. The van der Waals surface area contributed by atoms with E-state index < -0.39 is 35.7 Å². The average Bonchev–Trinajstić information content (AvgIpc) is 2.72. The van der Waals surface area contributed by atoms with E-state index in [4.69, 9.17) is 0 Å². The fourth-order valence-corrected chi connectivity index (χ4v) is 3.26. The van der Waals surface area contributed by atoms with Crippen LogP contribution in [0.3, 0.4) is 0 Å². The molecule has 2 atom stereocenters. The van der Waals surface area contributed by atoms with E-state index in [0.29, 0.717) is 11.3 Å². The van der Waals surface area contributed by atoms with Crippen molar-refractivity contribution in [2.24, 2.45) is 0 Å². The minimum atomic E-state index is -1.25. The maximum absolute atomic E-state index is 13.5. The molecular formula is C23H22FN3O4. The van der Waals surface area contributed by atoms with E-state index in [-0.39, 0.29) is 12.8 Å². The number of aliphatic carboxylic acids is 1. The third-order valence-electron chi connectivity index (χ3n) is 4.71. The highest BCUT2D eigenvalue weighted by Gasteiger charge is 2.27. The summed E-state index contributed by atoms with van der Waals surface area (Å²) in [5.74, 6) is -2.83. The molecule has 3 aromatic rings. The van der Waals surface area contributed by atoms with Crippen molar-refractivity contribution < 1.29 is 23.9 Å². The van der Waals surface area contributed by atoms with Crippen LogP contribution in [0.15, 0.2) is 60.7 Å². The number of nitrogens with one attached hydrogen (secondary N) is 2. The zero-order valence-electron chi connectivity index (χ0n) is 16.8. The Hall–Kier alpha value is -3.81. The highest BCUT2D eigenvalue weighted by molar-refractivity contribution is 5.90. The molecule has 3 rings (SSSR count). The molecule has 0 fully saturated rings.